The van der Waals surface area contributed by atoms with E-state index in [4.69, 9.17) is 20.8 Å². The van der Waals surface area contributed by atoms with E-state index in [1.165, 1.54) is 4.68 Å². The molecule has 0 saturated carbocycles. The van der Waals surface area contributed by atoms with E-state index in [1.54, 1.807) is 6.07 Å². The molecule has 1 aromatic carbocycles. The highest BCUT2D eigenvalue weighted by atomic mass is 35.5. The Hall–Kier alpha value is -2.07. The maximum Gasteiger partial charge on any atom is 0.437 e. The van der Waals surface area contributed by atoms with Gasteiger partial charge in [0.25, 0.3) is 5.89 Å². The highest BCUT2D eigenvalue weighted by Crippen LogP contribution is 2.38. The van der Waals surface area contributed by atoms with Gasteiger partial charge in [0.05, 0.1) is 18.2 Å². The second kappa shape index (κ2) is 12.9. The van der Waals surface area contributed by atoms with E-state index in [9.17, 15) is 9.59 Å². The van der Waals surface area contributed by atoms with Gasteiger partial charge in [0, 0.05) is 43.7 Å². The number of piperidine rings is 2. The lowest BCUT2D eigenvalue weighted by molar-refractivity contribution is -0.132. The number of aromatic nitrogens is 2. The van der Waals surface area contributed by atoms with E-state index in [0.29, 0.717) is 29.7 Å². The Morgan fingerprint density at radius 3 is 2.58 bits per heavy atom. The smallest absolute Gasteiger partial charge is 0.437 e. The lowest BCUT2D eigenvalue weighted by Gasteiger charge is -2.35. The summed E-state index contributed by atoms with van der Waals surface area (Å²) in [7, 11) is 4.23. The molecule has 3 aliphatic rings. The first-order valence-corrected chi connectivity index (χ1v) is 14.0. The van der Waals surface area contributed by atoms with E-state index in [0.717, 1.165) is 89.0 Å². The fourth-order valence-corrected chi connectivity index (χ4v) is 6.10. The SMILES string of the molecule is CN(C)C1CCN(C(=O)CCCN2CCC(n3nc(-c4cc(Cl)cc5c4OCCC5)oc3=O)CC2)CC1.Cl. The van der Waals surface area contributed by atoms with Crippen molar-refractivity contribution in [2.45, 2.75) is 63.5 Å². The van der Waals surface area contributed by atoms with Gasteiger partial charge in [0.1, 0.15) is 5.75 Å². The molecule has 9 nitrogen and oxygen atoms in total. The van der Waals surface area contributed by atoms with Gasteiger partial charge in [-0.25, -0.2) is 4.79 Å². The van der Waals surface area contributed by atoms with Gasteiger partial charge < -0.3 is 23.9 Å². The van der Waals surface area contributed by atoms with Crippen LogP contribution in [0, 0.1) is 0 Å². The Balaban J connectivity index is 0.00000336. The van der Waals surface area contributed by atoms with Gasteiger partial charge in [-0.15, -0.1) is 17.5 Å². The fourth-order valence-electron chi connectivity index (χ4n) is 5.86. The minimum atomic E-state index is -0.443. The molecule has 4 heterocycles. The molecule has 1 aromatic heterocycles. The quantitative estimate of drug-likeness (QED) is 0.502. The van der Waals surface area contributed by atoms with Crippen LogP contribution in [0.2, 0.25) is 5.02 Å². The van der Waals surface area contributed by atoms with E-state index in [1.807, 2.05) is 11.0 Å². The maximum absolute atomic E-state index is 12.7. The van der Waals surface area contributed by atoms with Gasteiger partial charge in [-0.1, -0.05) is 11.6 Å². The first-order valence-electron chi connectivity index (χ1n) is 13.6. The lowest BCUT2D eigenvalue weighted by atomic mass is 10.0. The summed E-state index contributed by atoms with van der Waals surface area (Å²) in [5.74, 6) is 0.819. The summed E-state index contributed by atoms with van der Waals surface area (Å²) in [5, 5.41) is 5.14. The number of benzene rings is 1. The van der Waals surface area contributed by atoms with Crippen molar-refractivity contribution in [2.24, 2.45) is 0 Å². The molecule has 210 valence electrons. The van der Waals surface area contributed by atoms with Crippen LogP contribution in [0.25, 0.3) is 11.5 Å². The number of halogens is 2. The number of aryl methyl sites for hydroxylation is 1. The molecule has 3 aliphatic heterocycles. The number of nitrogens with zero attached hydrogens (tertiary/aromatic N) is 5. The van der Waals surface area contributed by atoms with Crippen molar-refractivity contribution in [3.8, 4) is 17.2 Å². The summed E-state index contributed by atoms with van der Waals surface area (Å²) in [5.41, 5.74) is 1.67. The number of hydrogen-bond donors (Lipinski definition) is 0. The third-order valence-electron chi connectivity index (χ3n) is 8.08. The molecule has 0 spiro atoms. The van der Waals surface area contributed by atoms with Crippen molar-refractivity contribution in [3.05, 3.63) is 33.3 Å². The van der Waals surface area contributed by atoms with E-state index in [-0.39, 0.29) is 30.2 Å². The van der Waals surface area contributed by atoms with Crippen molar-refractivity contribution in [3.63, 3.8) is 0 Å². The normalized spacial score (nSPS) is 19.2. The zero-order valence-corrected chi connectivity index (χ0v) is 23.9. The highest BCUT2D eigenvalue weighted by Gasteiger charge is 2.28. The average molecular weight is 569 g/mol. The third kappa shape index (κ3) is 6.55. The number of ether oxygens (including phenoxy) is 1. The highest BCUT2D eigenvalue weighted by molar-refractivity contribution is 6.31. The molecular formula is C27H39Cl2N5O4. The summed E-state index contributed by atoms with van der Waals surface area (Å²) in [6.07, 6.45) is 7.05. The van der Waals surface area contributed by atoms with Crippen molar-refractivity contribution in [2.75, 3.05) is 53.4 Å². The maximum atomic E-state index is 12.7. The molecule has 0 atom stereocenters. The van der Waals surface area contributed by atoms with Crippen LogP contribution >= 0.6 is 24.0 Å². The van der Waals surface area contributed by atoms with Crippen LogP contribution < -0.4 is 10.5 Å². The molecule has 5 rings (SSSR count). The molecule has 0 radical (unpaired) electrons. The van der Waals surface area contributed by atoms with Crippen LogP contribution in [0.15, 0.2) is 21.3 Å². The lowest BCUT2D eigenvalue weighted by Crippen LogP contribution is -2.44. The predicted octanol–water partition coefficient (Wildman–Crippen LogP) is 3.87. The second-order valence-electron chi connectivity index (χ2n) is 10.8. The van der Waals surface area contributed by atoms with Crippen LogP contribution in [0.4, 0.5) is 0 Å². The van der Waals surface area contributed by atoms with E-state index < -0.39 is 5.76 Å². The van der Waals surface area contributed by atoms with Gasteiger partial charge in [0.15, 0.2) is 0 Å². The van der Waals surface area contributed by atoms with Crippen LogP contribution in [-0.4, -0.2) is 89.9 Å². The predicted molar refractivity (Wildman–Crippen MR) is 150 cm³/mol. The Morgan fingerprint density at radius 2 is 1.87 bits per heavy atom. The number of carbonyl (C=O) groups is 1. The summed E-state index contributed by atoms with van der Waals surface area (Å²) in [6.45, 7) is 5.01. The number of fused-ring (bicyclic) bond motifs is 1. The molecule has 11 heteroatoms. The number of amides is 1. The molecule has 1 amide bonds. The minimum Gasteiger partial charge on any atom is -0.492 e. The Bertz CT molecular complexity index is 1150. The molecule has 2 saturated heterocycles. The van der Waals surface area contributed by atoms with Crippen LogP contribution in [0.5, 0.6) is 5.75 Å². The first-order chi connectivity index (χ1) is 17.9. The summed E-state index contributed by atoms with van der Waals surface area (Å²) >= 11 is 6.32. The third-order valence-corrected chi connectivity index (χ3v) is 8.30. The van der Waals surface area contributed by atoms with E-state index in [2.05, 4.69) is 29.0 Å². The Kier molecular flexibility index (Phi) is 9.79. The van der Waals surface area contributed by atoms with Gasteiger partial charge in [-0.05, 0) is 83.3 Å². The summed E-state index contributed by atoms with van der Waals surface area (Å²) in [6, 6.07) is 4.25. The van der Waals surface area contributed by atoms with Crippen molar-refractivity contribution in [1.29, 1.82) is 0 Å². The molecule has 0 N–H and O–H groups in total. The van der Waals surface area contributed by atoms with Crippen molar-refractivity contribution >= 4 is 29.9 Å². The minimum absolute atomic E-state index is 0. The van der Waals surface area contributed by atoms with Gasteiger partial charge >= 0.3 is 5.76 Å². The van der Waals surface area contributed by atoms with Gasteiger partial charge in [0.2, 0.25) is 5.91 Å². The van der Waals surface area contributed by atoms with Crippen LogP contribution in [0.3, 0.4) is 0 Å². The number of carbonyl (C=O) groups excluding carboxylic acids is 1. The number of hydrogen-bond acceptors (Lipinski definition) is 7. The fraction of sp³-hybridized carbons (Fsp3) is 0.667. The van der Waals surface area contributed by atoms with Crippen molar-refractivity contribution < 1.29 is 13.9 Å². The van der Waals surface area contributed by atoms with Crippen LogP contribution in [0.1, 0.15) is 56.6 Å². The van der Waals surface area contributed by atoms with Crippen LogP contribution in [-0.2, 0) is 11.2 Å². The molecule has 2 fully saturated rings. The van der Waals surface area contributed by atoms with Crippen molar-refractivity contribution in [1.82, 2.24) is 24.5 Å². The Labute approximate surface area is 235 Å². The number of rotatable bonds is 7. The topological polar surface area (TPSA) is 84.1 Å². The standard InChI is InChI=1S/C27H38ClN5O4.ClH/c1-30(2)21-9-14-32(15-10-21)24(34)6-3-11-31-12-7-22(8-13-31)33-27(35)37-26(29-33)23-18-20(28)17-19-5-4-16-36-25(19)23;/h17-18,21-22H,3-16H2,1-2H3;1H. The largest absolute Gasteiger partial charge is 0.492 e. The van der Waals surface area contributed by atoms with Gasteiger partial charge in [-0.3, -0.25) is 4.79 Å². The Morgan fingerprint density at radius 1 is 1.13 bits per heavy atom. The molecule has 2 aromatic rings. The molecular weight excluding hydrogens is 529 g/mol. The summed E-state index contributed by atoms with van der Waals surface area (Å²) < 4.78 is 12.9. The molecule has 0 bridgehead atoms. The zero-order chi connectivity index (χ0) is 25.9. The second-order valence-corrected chi connectivity index (χ2v) is 11.2. The first kappa shape index (κ1) is 28.9. The summed E-state index contributed by atoms with van der Waals surface area (Å²) in [4.78, 5) is 32.0. The molecule has 0 unspecified atom stereocenters. The van der Waals surface area contributed by atoms with E-state index >= 15 is 0 Å². The average Bonchev–Trinajstić information content (AvgIpc) is 3.29. The number of likely N-dealkylation sites (tertiary alicyclic amines) is 2. The zero-order valence-electron chi connectivity index (χ0n) is 22.4. The molecule has 38 heavy (non-hydrogen) atoms. The monoisotopic (exact) mass is 567 g/mol. The molecule has 0 aliphatic carbocycles. The van der Waals surface area contributed by atoms with Gasteiger partial charge in [-0.2, -0.15) is 4.68 Å².